The third kappa shape index (κ3) is 4.73. The lowest BCUT2D eigenvalue weighted by Gasteiger charge is -2.30. The fourth-order valence-corrected chi connectivity index (χ4v) is 4.20. The molecule has 3 rings (SSSR count). The molecule has 1 N–H and O–H groups in total. The quantitative estimate of drug-likeness (QED) is 0.809. The molecule has 4 nitrogen and oxygen atoms in total. The molecule has 0 saturated heterocycles. The van der Waals surface area contributed by atoms with E-state index in [1.54, 1.807) is 7.05 Å². The van der Waals surface area contributed by atoms with E-state index in [1.165, 1.54) is 10.6 Å². The lowest BCUT2D eigenvalue weighted by Crippen LogP contribution is -2.33. The average molecular weight is 371 g/mol. The average Bonchev–Trinajstić information content (AvgIpc) is 2.68. The van der Waals surface area contributed by atoms with Gasteiger partial charge in [0.15, 0.2) is 0 Å². The third-order valence-corrected chi connectivity index (χ3v) is 5.66. The zero-order chi connectivity index (χ0) is 18.4. The molecule has 0 aromatic heterocycles. The maximum atomic E-state index is 11.6. The monoisotopic (exact) mass is 370 g/mol. The summed E-state index contributed by atoms with van der Waals surface area (Å²) < 4.78 is 5.92. The molecule has 1 unspecified atom stereocenters. The number of carbonyl (C=O) groups excluding carboxylic acids is 1. The number of ether oxygens (including phenoxy) is 1. The van der Waals surface area contributed by atoms with Crippen LogP contribution in [0.1, 0.15) is 12.5 Å². The molecular weight excluding hydrogens is 344 g/mol. The highest BCUT2D eigenvalue weighted by atomic mass is 32.2. The number of para-hydroxylation sites is 1. The first-order chi connectivity index (χ1) is 12.7. The Morgan fingerprint density at radius 3 is 2.77 bits per heavy atom. The van der Waals surface area contributed by atoms with Gasteiger partial charge in [-0.25, -0.2) is 0 Å². The van der Waals surface area contributed by atoms with Gasteiger partial charge in [0, 0.05) is 30.2 Å². The normalized spacial score (nSPS) is 14.5. The van der Waals surface area contributed by atoms with Crippen LogP contribution in [0.4, 0.5) is 5.69 Å². The smallest absolute Gasteiger partial charge is 0.222 e. The highest BCUT2D eigenvalue weighted by Gasteiger charge is 2.16. The summed E-state index contributed by atoms with van der Waals surface area (Å²) in [6, 6.07) is 16.6. The predicted molar refractivity (Wildman–Crippen MR) is 108 cm³/mol. The van der Waals surface area contributed by atoms with Crippen molar-refractivity contribution in [2.75, 3.05) is 37.4 Å². The highest BCUT2D eigenvalue weighted by Crippen LogP contribution is 2.33. The molecule has 5 heteroatoms. The Kier molecular flexibility index (Phi) is 6.45. The standard InChI is InChI=1S/C21H26N2O2S/c1-16(21(24)22-2)15-17-7-9-18(10-8-17)25-13-11-23-12-14-26-20-6-4-3-5-19(20)23/h3-10,16H,11-15H2,1-2H3,(H,22,24). The topological polar surface area (TPSA) is 41.6 Å². The molecular formula is C21H26N2O2S. The van der Waals surface area contributed by atoms with Gasteiger partial charge in [0.1, 0.15) is 12.4 Å². The van der Waals surface area contributed by atoms with Gasteiger partial charge in [-0.05, 0) is 36.2 Å². The summed E-state index contributed by atoms with van der Waals surface area (Å²) >= 11 is 1.92. The van der Waals surface area contributed by atoms with E-state index in [0.717, 1.165) is 36.6 Å². The maximum Gasteiger partial charge on any atom is 0.222 e. The first-order valence-corrected chi connectivity index (χ1v) is 10.1. The maximum absolute atomic E-state index is 11.6. The SMILES string of the molecule is CNC(=O)C(C)Cc1ccc(OCCN2CCSc3ccccc32)cc1. The van der Waals surface area contributed by atoms with Crippen molar-refractivity contribution in [3.8, 4) is 5.75 Å². The van der Waals surface area contributed by atoms with Crippen LogP contribution in [0.25, 0.3) is 0 Å². The zero-order valence-electron chi connectivity index (χ0n) is 15.4. The zero-order valence-corrected chi connectivity index (χ0v) is 16.2. The van der Waals surface area contributed by atoms with Gasteiger partial charge in [0.05, 0.1) is 12.2 Å². The van der Waals surface area contributed by atoms with Gasteiger partial charge in [-0.15, -0.1) is 11.8 Å². The number of rotatable bonds is 7. The third-order valence-electron chi connectivity index (χ3n) is 4.61. The number of thioether (sulfide) groups is 1. The largest absolute Gasteiger partial charge is 0.492 e. The molecule has 1 atom stereocenters. The lowest BCUT2D eigenvalue weighted by atomic mass is 10.0. The number of nitrogens with one attached hydrogen (secondary N) is 1. The van der Waals surface area contributed by atoms with E-state index in [1.807, 2.05) is 43.0 Å². The van der Waals surface area contributed by atoms with Crippen LogP contribution < -0.4 is 15.0 Å². The summed E-state index contributed by atoms with van der Waals surface area (Å²) in [6.45, 7) is 4.54. The molecule has 0 saturated carbocycles. The second-order valence-corrected chi connectivity index (χ2v) is 7.65. The van der Waals surface area contributed by atoms with Crippen molar-refractivity contribution in [1.82, 2.24) is 5.32 Å². The van der Waals surface area contributed by atoms with Crippen molar-refractivity contribution < 1.29 is 9.53 Å². The summed E-state index contributed by atoms with van der Waals surface area (Å²) in [6.07, 6.45) is 0.738. The number of nitrogens with zero attached hydrogens (tertiary/aromatic N) is 1. The Labute approximate surface area is 159 Å². The van der Waals surface area contributed by atoms with Crippen molar-refractivity contribution in [2.45, 2.75) is 18.2 Å². The van der Waals surface area contributed by atoms with Gasteiger partial charge in [0.2, 0.25) is 5.91 Å². The van der Waals surface area contributed by atoms with Gasteiger partial charge >= 0.3 is 0 Å². The number of hydrogen-bond donors (Lipinski definition) is 1. The van der Waals surface area contributed by atoms with Crippen molar-refractivity contribution >= 4 is 23.4 Å². The van der Waals surface area contributed by atoms with E-state index in [2.05, 4.69) is 34.5 Å². The van der Waals surface area contributed by atoms with E-state index in [-0.39, 0.29) is 11.8 Å². The van der Waals surface area contributed by atoms with Crippen LogP contribution in [-0.2, 0) is 11.2 Å². The minimum atomic E-state index is -0.0243. The van der Waals surface area contributed by atoms with E-state index >= 15 is 0 Å². The number of amides is 1. The highest BCUT2D eigenvalue weighted by molar-refractivity contribution is 7.99. The van der Waals surface area contributed by atoms with Crippen LogP contribution in [-0.4, -0.2) is 38.4 Å². The van der Waals surface area contributed by atoms with Gasteiger partial charge in [-0.2, -0.15) is 0 Å². The van der Waals surface area contributed by atoms with Crippen LogP contribution in [0, 0.1) is 5.92 Å². The van der Waals surface area contributed by atoms with E-state index in [9.17, 15) is 4.79 Å². The van der Waals surface area contributed by atoms with Crippen LogP contribution in [0.3, 0.4) is 0 Å². The second kappa shape index (κ2) is 8.99. The summed E-state index contributed by atoms with van der Waals surface area (Å²) in [5.41, 5.74) is 2.46. The summed E-state index contributed by atoms with van der Waals surface area (Å²) in [7, 11) is 1.68. The van der Waals surface area contributed by atoms with Crippen LogP contribution >= 0.6 is 11.8 Å². The molecule has 138 valence electrons. The van der Waals surface area contributed by atoms with Gasteiger partial charge in [-0.3, -0.25) is 4.79 Å². The molecule has 2 aromatic rings. The van der Waals surface area contributed by atoms with Gasteiger partial charge in [-0.1, -0.05) is 31.2 Å². The van der Waals surface area contributed by atoms with Crippen LogP contribution in [0.2, 0.25) is 0 Å². The molecule has 2 aromatic carbocycles. The van der Waals surface area contributed by atoms with Crippen LogP contribution in [0.15, 0.2) is 53.4 Å². The number of carbonyl (C=O) groups is 1. The minimum absolute atomic E-state index is 0.0243. The minimum Gasteiger partial charge on any atom is -0.492 e. The van der Waals surface area contributed by atoms with Crippen LogP contribution in [0.5, 0.6) is 5.75 Å². The molecule has 0 spiro atoms. The number of benzene rings is 2. The Morgan fingerprint density at radius 1 is 1.23 bits per heavy atom. The summed E-state index contributed by atoms with van der Waals surface area (Å²) in [5, 5.41) is 2.69. The fourth-order valence-electron chi connectivity index (χ4n) is 3.15. The fraction of sp³-hybridized carbons (Fsp3) is 0.381. The summed E-state index contributed by atoms with van der Waals surface area (Å²) in [5.74, 6) is 2.05. The molecule has 0 radical (unpaired) electrons. The van der Waals surface area contributed by atoms with E-state index < -0.39 is 0 Å². The number of hydrogen-bond acceptors (Lipinski definition) is 4. The lowest BCUT2D eigenvalue weighted by molar-refractivity contribution is -0.123. The van der Waals surface area contributed by atoms with Crippen molar-refractivity contribution in [2.24, 2.45) is 5.92 Å². The Balaban J connectivity index is 1.49. The van der Waals surface area contributed by atoms with Gasteiger partial charge in [0.25, 0.3) is 0 Å². The van der Waals surface area contributed by atoms with Crippen molar-refractivity contribution in [1.29, 1.82) is 0 Å². The van der Waals surface area contributed by atoms with Crippen molar-refractivity contribution in [3.63, 3.8) is 0 Å². The molecule has 26 heavy (non-hydrogen) atoms. The molecule has 0 fully saturated rings. The molecule has 1 heterocycles. The summed E-state index contributed by atoms with van der Waals surface area (Å²) in [4.78, 5) is 15.4. The Bertz CT molecular complexity index is 733. The van der Waals surface area contributed by atoms with E-state index in [0.29, 0.717) is 6.61 Å². The van der Waals surface area contributed by atoms with Gasteiger partial charge < -0.3 is 15.0 Å². The number of fused-ring (bicyclic) bond motifs is 1. The molecule has 0 aliphatic carbocycles. The second-order valence-electron chi connectivity index (χ2n) is 6.52. The predicted octanol–water partition coefficient (Wildman–Crippen LogP) is 3.60. The molecule has 1 aliphatic heterocycles. The molecule has 1 aliphatic rings. The van der Waals surface area contributed by atoms with E-state index in [4.69, 9.17) is 4.74 Å². The molecule has 0 bridgehead atoms. The first-order valence-electron chi connectivity index (χ1n) is 9.07. The number of anilines is 1. The first kappa shape index (κ1) is 18.6. The van der Waals surface area contributed by atoms with Crippen molar-refractivity contribution in [3.05, 3.63) is 54.1 Å². The Hall–Kier alpha value is -2.14. The molecule has 1 amide bonds. The Morgan fingerprint density at radius 2 is 2.00 bits per heavy atom.